The van der Waals surface area contributed by atoms with Crippen LogP contribution >= 0.6 is 12.4 Å². The minimum atomic E-state index is -0.305. The topological polar surface area (TPSA) is 55.6 Å². The molecule has 1 aliphatic rings. The number of nitrogens with two attached hydrogens (primary N) is 1. The lowest BCUT2D eigenvalue weighted by atomic mass is 10.1. The Kier molecular flexibility index (Phi) is 8.56. The molecule has 5 heteroatoms. The molecular weight excluding hydrogens is 240 g/mol. The molecule has 0 bridgehead atoms. The lowest BCUT2D eigenvalue weighted by Crippen LogP contribution is -2.46. The molecule has 0 aliphatic carbocycles. The predicted molar refractivity (Wildman–Crippen MR) is 71.4 cm³/mol. The average Bonchev–Trinajstić information content (AvgIpc) is 2.29. The highest BCUT2D eigenvalue weighted by molar-refractivity contribution is 5.85. The van der Waals surface area contributed by atoms with E-state index >= 15 is 0 Å². The number of halogens is 1. The summed E-state index contributed by atoms with van der Waals surface area (Å²) in [5, 5.41) is 0. The lowest BCUT2D eigenvalue weighted by Gasteiger charge is -2.32. The van der Waals surface area contributed by atoms with Crippen LogP contribution in [0.2, 0.25) is 0 Å². The van der Waals surface area contributed by atoms with Gasteiger partial charge in [0.15, 0.2) is 0 Å². The smallest absolute Gasteiger partial charge is 0.251 e. The van der Waals surface area contributed by atoms with E-state index in [0.717, 1.165) is 38.8 Å². The fraction of sp³-hybridized carbons (Fsp3) is 0.917. The minimum Gasteiger partial charge on any atom is -0.369 e. The van der Waals surface area contributed by atoms with Crippen molar-refractivity contribution >= 4 is 18.3 Å². The predicted octanol–water partition coefficient (Wildman–Crippen LogP) is 1.56. The van der Waals surface area contributed by atoms with Crippen molar-refractivity contribution in [2.24, 2.45) is 5.73 Å². The normalized spacial score (nSPS) is 18.6. The number of carbonyl (C=O) groups is 1. The molecule has 0 radical (unpaired) electrons. The van der Waals surface area contributed by atoms with E-state index in [9.17, 15) is 4.79 Å². The lowest BCUT2D eigenvalue weighted by molar-refractivity contribution is -0.143. The van der Waals surface area contributed by atoms with E-state index in [0.29, 0.717) is 6.61 Å². The second kappa shape index (κ2) is 8.72. The molecule has 1 fully saturated rings. The highest BCUT2D eigenvalue weighted by Crippen LogP contribution is 2.10. The van der Waals surface area contributed by atoms with Crippen molar-refractivity contribution in [1.29, 1.82) is 0 Å². The summed E-state index contributed by atoms with van der Waals surface area (Å²) in [6, 6.07) is 0.264. The largest absolute Gasteiger partial charge is 0.369 e. The maximum Gasteiger partial charge on any atom is 0.251 e. The summed E-state index contributed by atoms with van der Waals surface area (Å²) >= 11 is 0. The fourth-order valence-electron chi connectivity index (χ4n) is 1.85. The third kappa shape index (κ3) is 5.70. The standard InChI is InChI=1S/C12H24N2O2.ClH/c1-3-4-9-16-10(2)12(15)14-7-5-11(13)6-8-14;/h10-11H,3-9,13H2,1-2H3;1H. The van der Waals surface area contributed by atoms with Crippen molar-refractivity contribution in [3.8, 4) is 0 Å². The van der Waals surface area contributed by atoms with Crippen LogP contribution in [0.3, 0.4) is 0 Å². The summed E-state index contributed by atoms with van der Waals surface area (Å²) in [5.74, 6) is 0.114. The van der Waals surface area contributed by atoms with Crippen LogP contribution in [0.5, 0.6) is 0 Å². The van der Waals surface area contributed by atoms with Gasteiger partial charge in [0, 0.05) is 25.7 Å². The Morgan fingerprint density at radius 2 is 2.06 bits per heavy atom. The Bertz CT molecular complexity index is 219. The van der Waals surface area contributed by atoms with E-state index in [1.165, 1.54) is 0 Å². The van der Waals surface area contributed by atoms with Crippen molar-refractivity contribution in [3.05, 3.63) is 0 Å². The van der Waals surface area contributed by atoms with Gasteiger partial charge in [0.05, 0.1) is 0 Å². The number of rotatable bonds is 5. The first kappa shape index (κ1) is 16.7. The summed E-state index contributed by atoms with van der Waals surface area (Å²) in [6.07, 6.45) is 3.63. The summed E-state index contributed by atoms with van der Waals surface area (Å²) in [5.41, 5.74) is 5.80. The first-order valence-electron chi connectivity index (χ1n) is 6.31. The van der Waals surface area contributed by atoms with Crippen LogP contribution in [-0.4, -0.2) is 42.6 Å². The Morgan fingerprint density at radius 3 is 2.59 bits per heavy atom. The molecule has 1 aliphatic heterocycles. The van der Waals surface area contributed by atoms with Crippen LogP contribution in [0.15, 0.2) is 0 Å². The maximum absolute atomic E-state index is 12.0. The Hall–Kier alpha value is -0.320. The van der Waals surface area contributed by atoms with Gasteiger partial charge in [-0.3, -0.25) is 4.79 Å². The quantitative estimate of drug-likeness (QED) is 0.767. The highest BCUT2D eigenvalue weighted by atomic mass is 35.5. The molecule has 1 unspecified atom stereocenters. The molecule has 2 N–H and O–H groups in total. The molecule has 4 nitrogen and oxygen atoms in total. The summed E-state index contributed by atoms with van der Waals surface area (Å²) < 4.78 is 5.50. The third-order valence-corrected chi connectivity index (χ3v) is 3.06. The van der Waals surface area contributed by atoms with Gasteiger partial charge in [-0.25, -0.2) is 0 Å². The van der Waals surface area contributed by atoms with Crippen LogP contribution < -0.4 is 5.73 Å². The number of piperidine rings is 1. The minimum absolute atomic E-state index is 0. The number of nitrogens with zero attached hydrogens (tertiary/aromatic N) is 1. The van der Waals surface area contributed by atoms with Gasteiger partial charge in [-0.05, 0) is 26.2 Å². The molecule has 0 saturated carbocycles. The van der Waals surface area contributed by atoms with Gasteiger partial charge in [-0.1, -0.05) is 13.3 Å². The van der Waals surface area contributed by atoms with Gasteiger partial charge >= 0.3 is 0 Å². The zero-order chi connectivity index (χ0) is 12.0. The molecule has 1 rings (SSSR count). The van der Waals surface area contributed by atoms with Gasteiger partial charge in [-0.2, -0.15) is 0 Å². The highest BCUT2D eigenvalue weighted by Gasteiger charge is 2.24. The molecular formula is C12H25ClN2O2. The van der Waals surface area contributed by atoms with Crippen LogP contribution in [0.4, 0.5) is 0 Å². The molecule has 1 amide bonds. The van der Waals surface area contributed by atoms with Crippen molar-refractivity contribution < 1.29 is 9.53 Å². The maximum atomic E-state index is 12.0. The Balaban J connectivity index is 0.00000256. The number of hydrogen-bond donors (Lipinski definition) is 1. The number of unbranched alkanes of at least 4 members (excludes halogenated alkanes) is 1. The van der Waals surface area contributed by atoms with Crippen molar-refractivity contribution in [2.45, 2.75) is 51.7 Å². The van der Waals surface area contributed by atoms with Crippen molar-refractivity contribution in [2.75, 3.05) is 19.7 Å². The van der Waals surface area contributed by atoms with Gasteiger partial charge < -0.3 is 15.4 Å². The second-order valence-corrected chi connectivity index (χ2v) is 4.53. The van der Waals surface area contributed by atoms with E-state index in [1.807, 2.05) is 11.8 Å². The first-order valence-corrected chi connectivity index (χ1v) is 6.31. The monoisotopic (exact) mass is 264 g/mol. The molecule has 1 atom stereocenters. The number of likely N-dealkylation sites (tertiary alicyclic amines) is 1. The van der Waals surface area contributed by atoms with Gasteiger partial charge in [0.25, 0.3) is 5.91 Å². The van der Waals surface area contributed by atoms with Crippen LogP contribution in [0, 0.1) is 0 Å². The number of hydrogen-bond acceptors (Lipinski definition) is 3. The van der Waals surface area contributed by atoms with E-state index in [2.05, 4.69) is 6.92 Å². The SMILES string of the molecule is CCCCOC(C)C(=O)N1CCC(N)CC1.Cl. The average molecular weight is 265 g/mol. The van der Waals surface area contributed by atoms with Crippen LogP contribution in [0.1, 0.15) is 39.5 Å². The van der Waals surface area contributed by atoms with Crippen LogP contribution in [0.25, 0.3) is 0 Å². The summed E-state index contributed by atoms with van der Waals surface area (Å²) in [7, 11) is 0. The number of ether oxygens (including phenoxy) is 1. The Morgan fingerprint density at radius 1 is 1.47 bits per heavy atom. The van der Waals surface area contributed by atoms with E-state index in [4.69, 9.17) is 10.5 Å². The number of amides is 1. The molecule has 0 aromatic carbocycles. The molecule has 0 spiro atoms. The molecule has 0 aromatic rings. The zero-order valence-electron chi connectivity index (χ0n) is 10.9. The zero-order valence-corrected chi connectivity index (χ0v) is 11.7. The number of carbonyl (C=O) groups excluding carboxylic acids is 1. The van der Waals surface area contributed by atoms with Gasteiger partial charge in [0.2, 0.25) is 0 Å². The van der Waals surface area contributed by atoms with Gasteiger partial charge in [0.1, 0.15) is 6.10 Å². The molecule has 1 heterocycles. The molecule has 1 saturated heterocycles. The first-order chi connectivity index (χ1) is 7.65. The van der Waals surface area contributed by atoms with Gasteiger partial charge in [-0.15, -0.1) is 12.4 Å². The fourth-order valence-corrected chi connectivity index (χ4v) is 1.85. The Labute approximate surface area is 110 Å². The molecule has 102 valence electrons. The molecule has 17 heavy (non-hydrogen) atoms. The van der Waals surface area contributed by atoms with E-state index < -0.39 is 0 Å². The van der Waals surface area contributed by atoms with Crippen molar-refractivity contribution in [1.82, 2.24) is 4.90 Å². The van der Waals surface area contributed by atoms with Crippen LogP contribution in [-0.2, 0) is 9.53 Å². The third-order valence-electron chi connectivity index (χ3n) is 3.06. The molecule has 0 aromatic heterocycles. The second-order valence-electron chi connectivity index (χ2n) is 4.53. The van der Waals surface area contributed by atoms with E-state index in [-0.39, 0.29) is 30.5 Å². The summed E-state index contributed by atoms with van der Waals surface area (Å²) in [6.45, 7) is 6.19. The van der Waals surface area contributed by atoms with Crippen molar-refractivity contribution in [3.63, 3.8) is 0 Å². The summed E-state index contributed by atoms with van der Waals surface area (Å²) in [4.78, 5) is 13.8. The van der Waals surface area contributed by atoms with E-state index in [1.54, 1.807) is 0 Å².